The topological polar surface area (TPSA) is 36.7 Å². The summed E-state index contributed by atoms with van der Waals surface area (Å²) < 4.78 is 37.5. The fraction of sp³-hybridized carbons (Fsp3) is 0.250. The lowest BCUT2D eigenvalue weighted by Crippen LogP contribution is -2.01. The maximum absolute atomic E-state index is 13.0. The summed E-state index contributed by atoms with van der Waals surface area (Å²) in [6, 6.07) is 2.77. The van der Waals surface area contributed by atoms with Gasteiger partial charge in [0.15, 0.2) is 0 Å². The molecule has 1 rings (SSSR count). The van der Waals surface area contributed by atoms with Gasteiger partial charge in [-0.15, -0.1) is 0 Å². The molecular formula is C8H4F3IN2. The van der Waals surface area contributed by atoms with Crippen LogP contribution in [-0.4, -0.2) is 4.98 Å². The molecule has 2 nitrogen and oxygen atoms in total. The Morgan fingerprint density at radius 1 is 1.57 bits per heavy atom. The summed E-state index contributed by atoms with van der Waals surface area (Å²) >= 11 is 1.46. The van der Waals surface area contributed by atoms with Crippen LogP contribution in [0.1, 0.15) is 17.7 Å². The molecule has 0 fully saturated rings. The molecule has 1 aromatic rings. The lowest BCUT2D eigenvalue weighted by atomic mass is 10.2. The van der Waals surface area contributed by atoms with Gasteiger partial charge < -0.3 is 0 Å². The van der Waals surface area contributed by atoms with Crippen LogP contribution in [0.25, 0.3) is 0 Å². The summed E-state index contributed by atoms with van der Waals surface area (Å²) in [7, 11) is 0. The Balaban J connectivity index is 3.22. The molecule has 1 aromatic heterocycles. The second-order valence-corrected chi connectivity index (χ2v) is 3.52. The SMILES string of the molecule is N#CCc1cc(C(F)F)c(I)c(F)n1. The van der Waals surface area contributed by atoms with Gasteiger partial charge in [0, 0.05) is 5.56 Å². The molecule has 0 amide bonds. The van der Waals surface area contributed by atoms with Crippen LogP contribution in [0.2, 0.25) is 0 Å². The van der Waals surface area contributed by atoms with Crippen molar-refractivity contribution in [1.82, 2.24) is 4.98 Å². The van der Waals surface area contributed by atoms with Gasteiger partial charge in [-0.3, -0.25) is 0 Å². The molecule has 0 aliphatic rings. The first-order valence-corrected chi connectivity index (χ1v) is 4.64. The molecule has 0 aliphatic carbocycles. The Hall–Kier alpha value is -0.840. The molecule has 0 radical (unpaired) electrons. The van der Waals surface area contributed by atoms with Crippen LogP contribution < -0.4 is 0 Å². The first-order chi connectivity index (χ1) is 6.56. The standard InChI is InChI=1S/C8H4F3IN2/c9-7(10)5-3-4(1-2-13)14-8(11)6(5)12/h3,7H,1H2. The summed E-state index contributed by atoms with van der Waals surface area (Å²) in [5.41, 5.74) is -0.385. The van der Waals surface area contributed by atoms with E-state index in [4.69, 9.17) is 5.26 Å². The van der Waals surface area contributed by atoms with Crippen LogP contribution >= 0.6 is 22.6 Å². The van der Waals surface area contributed by atoms with Crippen molar-refractivity contribution in [3.63, 3.8) is 0 Å². The lowest BCUT2D eigenvalue weighted by molar-refractivity contribution is 0.149. The van der Waals surface area contributed by atoms with Crippen molar-refractivity contribution in [1.29, 1.82) is 5.26 Å². The first kappa shape index (κ1) is 11.2. The lowest BCUT2D eigenvalue weighted by Gasteiger charge is -2.05. The van der Waals surface area contributed by atoms with Crippen LogP contribution in [0.3, 0.4) is 0 Å². The fourth-order valence-corrected chi connectivity index (χ4v) is 1.41. The molecule has 0 aromatic carbocycles. The van der Waals surface area contributed by atoms with Crippen molar-refractivity contribution in [2.75, 3.05) is 0 Å². The monoisotopic (exact) mass is 312 g/mol. The van der Waals surface area contributed by atoms with Gasteiger partial charge in [0.1, 0.15) is 0 Å². The molecule has 0 aliphatic heterocycles. The third kappa shape index (κ3) is 2.35. The van der Waals surface area contributed by atoms with Crippen molar-refractivity contribution in [3.05, 3.63) is 26.8 Å². The Morgan fingerprint density at radius 3 is 2.71 bits per heavy atom. The van der Waals surface area contributed by atoms with Crippen molar-refractivity contribution in [2.45, 2.75) is 12.8 Å². The number of rotatable bonds is 2. The quantitative estimate of drug-likeness (QED) is 0.622. The maximum atomic E-state index is 13.0. The molecule has 0 saturated heterocycles. The fourth-order valence-electron chi connectivity index (χ4n) is 0.900. The summed E-state index contributed by atoms with van der Waals surface area (Å²) in [5, 5.41) is 8.31. The Bertz CT molecular complexity index is 387. The van der Waals surface area contributed by atoms with Crippen molar-refractivity contribution < 1.29 is 13.2 Å². The maximum Gasteiger partial charge on any atom is 0.265 e. The van der Waals surface area contributed by atoms with Crippen LogP contribution in [0.5, 0.6) is 0 Å². The summed E-state index contributed by atoms with van der Waals surface area (Å²) in [6.07, 6.45) is -2.93. The van der Waals surface area contributed by atoms with E-state index in [0.717, 1.165) is 6.07 Å². The molecule has 0 bridgehead atoms. The average molecular weight is 312 g/mol. The smallest absolute Gasteiger partial charge is 0.223 e. The van der Waals surface area contributed by atoms with Crippen molar-refractivity contribution >= 4 is 22.6 Å². The minimum Gasteiger partial charge on any atom is -0.223 e. The van der Waals surface area contributed by atoms with E-state index in [1.807, 2.05) is 0 Å². The van der Waals surface area contributed by atoms with E-state index in [0.29, 0.717) is 0 Å². The third-order valence-corrected chi connectivity index (χ3v) is 2.56. The van der Waals surface area contributed by atoms with E-state index in [1.165, 1.54) is 22.6 Å². The summed E-state index contributed by atoms with van der Waals surface area (Å²) in [4.78, 5) is 3.38. The number of hydrogen-bond donors (Lipinski definition) is 0. The number of pyridine rings is 1. The van der Waals surface area contributed by atoms with Crippen molar-refractivity contribution in [3.8, 4) is 6.07 Å². The van der Waals surface area contributed by atoms with Gasteiger partial charge in [0.2, 0.25) is 5.95 Å². The molecular weight excluding hydrogens is 308 g/mol. The van der Waals surface area contributed by atoms with E-state index in [2.05, 4.69) is 4.98 Å². The predicted octanol–water partition coefficient (Wildman–Crippen LogP) is 2.83. The average Bonchev–Trinajstić information content (AvgIpc) is 2.11. The number of hydrogen-bond acceptors (Lipinski definition) is 2. The first-order valence-electron chi connectivity index (χ1n) is 3.56. The largest absolute Gasteiger partial charge is 0.265 e. The van der Waals surface area contributed by atoms with Crippen molar-refractivity contribution in [2.24, 2.45) is 0 Å². The third-order valence-electron chi connectivity index (χ3n) is 1.49. The highest BCUT2D eigenvalue weighted by molar-refractivity contribution is 14.1. The second kappa shape index (κ2) is 4.59. The van der Waals surface area contributed by atoms with Gasteiger partial charge in [0.05, 0.1) is 21.8 Å². The van der Waals surface area contributed by atoms with E-state index in [1.54, 1.807) is 6.07 Å². The van der Waals surface area contributed by atoms with E-state index in [-0.39, 0.29) is 15.7 Å². The minimum absolute atomic E-state index is 0.0284. The Labute approximate surface area is 91.9 Å². The zero-order valence-electron chi connectivity index (χ0n) is 6.77. The van der Waals surface area contributed by atoms with Gasteiger partial charge in [-0.05, 0) is 28.7 Å². The summed E-state index contributed by atoms with van der Waals surface area (Å²) in [5.74, 6) is -0.950. The Kier molecular flexibility index (Phi) is 3.69. The molecule has 6 heteroatoms. The molecule has 1 heterocycles. The van der Waals surface area contributed by atoms with Crippen LogP contribution in [0.15, 0.2) is 6.07 Å². The van der Waals surface area contributed by atoms with E-state index in [9.17, 15) is 13.2 Å². The molecule has 0 saturated carbocycles. The summed E-state index contributed by atoms with van der Waals surface area (Å²) in [6.45, 7) is 0. The van der Waals surface area contributed by atoms with Gasteiger partial charge in [-0.25, -0.2) is 13.8 Å². The normalized spacial score (nSPS) is 10.3. The minimum atomic E-state index is -2.75. The van der Waals surface area contributed by atoms with Crippen LogP contribution in [-0.2, 0) is 6.42 Å². The second-order valence-electron chi connectivity index (χ2n) is 2.44. The number of alkyl halides is 2. The zero-order chi connectivity index (χ0) is 10.7. The van der Waals surface area contributed by atoms with Crippen LogP contribution in [0, 0.1) is 20.8 Å². The van der Waals surface area contributed by atoms with Crippen LogP contribution in [0.4, 0.5) is 13.2 Å². The molecule has 0 atom stereocenters. The van der Waals surface area contributed by atoms with Gasteiger partial charge >= 0.3 is 0 Å². The van der Waals surface area contributed by atoms with Gasteiger partial charge in [-0.2, -0.15) is 9.65 Å². The highest BCUT2D eigenvalue weighted by Gasteiger charge is 2.17. The number of nitrogens with zero attached hydrogens (tertiary/aromatic N) is 2. The Morgan fingerprint density at radius 2 is 2.21 bits per heavy atom. The highest BCUT2D eigenvalue weighted by Crippen LogP contribution is 2.26. The number of nitriles is 1. The van der Waals surface area contributed by atoms with Gasteiger partial charge in [0.25, 0.3) is 6.43 Å². The zero-order valence-corrected chi connectivity index (χ0v) is 8.93. The highest BCUT2D eigenvalue weighted by atomic mass is 127. The molecule has 0 spiro atoms. The molecule has 0 unspecified atom stereocenters. The van der Waals surface area contributed by atoms with E-state index < -0.39 is 17.9 Å². The molecule has 74 valence electrons. The number of aromatic nitrogens is 1. The van der Waals surface area contributed by atoms with Gasteiger partial charge in [-0.1, -0.05) is 0 Å². The van der Waals surface area contributed by atoms with E-state index >= 15 is 0 Å². The molecule has 0 N–H and O–H groups in total. The predicted molar refractivity (Wildman–Crippen MR) is 51.2 cm³/mol. The molecule has 14 heavy (non-hydrogen) atoms. The number of halogens is 4.